The Kier molecular flexibility index (Phi) is 7.61. The average molecular weight is 370 g/mol. The van der Waals surface area contributed by atoms with E-state index in [9.17, 15) is 4.79 Å². The Balaban J connectivity index is 0.000000614. The normalized spacial score (nSPS) is 19.4. The number of carbonyl (C=O) groups excluding carboxylic acids is 1. The summed E-state index contributed by atoms with van der Waals surface area (Å²) in [6, 6.07) is 7.85. The molecular weight excluding hydrogens is 340 g/mol. The van der Waals surface area contributed by atoms with Crippen molar-refractivity contribution in [2.75, 3.05) is 7.11 Å². The molecule has 3 aliphatic rings. The Morgan fingerprint density at radius 1 is 1.19 bits per heavy atom. The molecule has 2 aliphatic heterocycles. The lowest BCUT2D eigenvalue weighted by molar-refractivity contribution is -0.123. The third-order valence-electron chi connectivity index (χ3n) is 4.11. The minimum Gasteiger partial charge on any atom is -0.497 e. The number of carbonyl (C=O) groups is 1. The molecule has 0 aromatic heterocycles. The van der Waals surface area contributed by atoms with E-state index in [2.05, 4.69) is 15.7 Å². The highest BCUT2D eigenvalue weighted by Gasteiger charge is 2.34. The van der Waals surface area contributed by atoms with Crippen molar-refractivity contribution in [1.29, 1.82) is 0 Å². The Hall–Kier alpha value is -2.60. The zero-order valence-corrected chi connectivity index (χ0v) is 16.8. The van der Waals surface area contributed by atoms with Gasteiger partial charge < -0.3 is 10.1 Å². The van der Waals surface area contributed by atoms with E-state index in [1.165, 1.54) is 0 Å². The number of nitrogens with zero attached hydrogens (tertiary/aromatic N) is 2. The number of amides is 1. The standard InChI is InChI=1S/C17H18N4O2.2C2H6/c1-23-13-8-6-11(7-9-13)14-3-2-10-21-15(14)18-17(20-21)19-16(22)12-4-5-12;2*1-2/h2-3,6-10,12,17,20H,4-5H2,1H3,(H,19,22);2*1-2H3. The molecule has 1 aliphatic carbocycles. The molecule has 0 saturated heterocycles. The smallest absolute Gasteiger partial charge is 0.225 e. The fourth-order valence-corrected chi connectivity index (χ4v) is 2.68. The van der Waals surface area contributed by atoms with Crippen LogP contribution in [-0.4, -0.2) is 30.2 Å². The van der Waals surface area contributed by atoms with E-state index in [4.69, 9.17) is 4.74 Å². The SMILES string of the molecule is CC.CC.COc1ccc(C2=CC=CN3NC(NC(=O)C4CC4)N=C23)cc1. The molecule has 0 spiro atoms. The van der Waals surface area contributed by atoms with E-state index in [-0.39, 0.29) is 11.8 Å². The van der Waals surface area contributed by atoms with Gasteiger partial charge in [-0.15, -0.1) is 0 Å². The molecule has 0 radical (unpaired) electrons. The Morgan fingerprint density at radius 3 is 2.44 bits per heavy atom. The maximum Gasteiger partial charge on any atom is 0.225 e. The molecule has 1 atom stereocenters. The van der Waals surface area contributed by atoms with Gasteiger partial charge in [-0.3, -0.25) is 9.80 Å². The summed E-state index contributed by atoms with van der Waals surface area (Å²) in [5.74, 6) is 1.87. The monoisotopic (exact) mass is 370 g/mol. The maximum atomic E-state index is 11.9. The van der Waals surface area contributed by atoms with Gasteiger partial charge in [0.2, 0.25) is 5.91 Å². The van der Waals surface area contributed by atoms with Crippen LogP contribution in [0.25, 0.3) is 5.57 Å². The van der Waals surface area contributed by atoms with Gasteiger partial charge in [0.05, 0.1) is 7.11 Å². The highest BCUT2D eigenvalue weighted by molar-refractivity contribution is 6.24. The van der Waals surface area contributed by atoms with Crippen LogP contribution in [0.15, 0.2) is 47.6 Å². The maximum absolute atomic E-state index is 11.9. The van der Waals surface area contributed by atoms with Crippen LogP contribution in [-0.2, 0) is 4.79 Å². The molecule has 4 rings (SSSR count). The number of allylic oxidation sites excluding steroid dienone is 2. The summed E-state index contributed by atoms with van der Waals surface area (Å²) in [4.78, 5) is 16.5. The van der Waals surface area contributed by atoms with Gasteiger partial charge in [0, 0.05) is 17.7 Å². The zero-order valence-electron chi connectivity index (χ0n) is 16.8. The van der Waals surface area contributed by atoms with E-state index in [0.717, 1.165) is 35.6 Å². The highest BCUT2D eigenvalue weighted by atomic mass is 16.5. The number of hydrogen-bond acceptors (Lipinski definition) is 5. The second kappa shape index (κ2) is 9.92. The lowest BCUT2D eigenvalue weighted by Crippen LogP contribution is -2.46. The number of fused-ring (bicyclic) bond motifs is 1. The fourth-order valence-electron chi connectivity index (χ4n) is 2.68. The number of amidine groups is 1. The molecule has 1 aromatic rings. The number of hydrogen-bond donors (Lipinski definition) is 2. The molecule has 0 bridgehead atoms. The number of methoxy groups -OCH3 is 1. The first kappa shape index (κ1) is 20.7. The number of nitrogens with one attached hydrogen (secondary N) is 2. The summed E-state index contributed by atoms with van der Waals surface area (Å²) in [5.41, 5.74) is 5.23. The van der Waals surface area contributed by atoms with E-state index >= 15 is 0 Å². The van der Waals surface area contributed by atoms with E-state index in [1.54, 1.807) is 7.11 Å². The number of ether oxygens (including phenoxy) is 1. The van der Waals surface area contributed by atoms with Gasteiger partial charge in [-0.25, -0.2) is 4.99 Å². The first-order valence-corrected chi connectivity index (χ1v) is 9.71. The summed E-state index contributed by atoms with van der Waals surface area (Å²) in [5, 5.41) is 4.77. The van der Waals surface area contributed by atoms with Crippen molar-refractivity contribution < 1.29 is 9.53 Å². The minimum absolute atomic E-state index is 0.0747. The zero-order chi connectivity index (χ0) is 19.8. The molecule has 1 unspecified atom stereocenters. The molecule has 2 N–H and O–H groups in total. The van der Waals surface area contributed by atoms with Gasteiger partial charge in [-0.2, -0.15) is 5.43 Å². The molecule has 2 heterocycles. The summed E-state index contributed by atoms with van der Waals surface area (Å²) in [6.07, 6.45) is 7.42. The Bertz CT molecular complexity index is 718. The Labute approximate surface area is 162 Å². The molecule has 6 heteroatoms. The van der Waals surface area contributed by atoms with E-state index < -0.39 is 6.29 Å². The largest absolute Gasteiger partial charge is 0.497 e. The van der Waals surface area contributed by atoms with E-state index in [1.807, 2.05) is 75.3 Å². The number of benzene rings is 1. The number of rotatable bonds is 4. The molecule has 1 saturated carbocycles. The molecule has 1 aromatic carbocycles. The van der Waals surface area contributed by atoms with Crippen LogP contribution in [0.5, 0.6) is 5.75 Å². The van der Waals surface area contributed by atoms with Gasteiger partial charge in [-0.1, -0.05) is 39.8 Å². The number of hydrazine groups is 1. The predicted molar refractivity (Wildman–Crippen MR) is 110 cm³/mol. The van der Waals surface area contributed by atoms with Gasteiger partial charge in [-0.05, 0) is 42.7 Å². The number of aliphatic imine (C=N–C) groups is 1. The van der Waals surface area contributed by atoms with Crippen molar-refractivity contribution >= 4 is 17.3 Å². The average Bonchev–Trinajstić information content (AvgIpc) is 3.51. The van der Waals surface area contributed by atoms with Crippen LogP contribution in [0.3, 0.4) is 0 Å². The van der Waals surface area contributed by atoms with Gasteiger partial charge in [0.15, 0.2) is 12.1 Å². The van der Waals surface area contributed by atoms with Gasteiger partial charge in [0.25, 0.3) is 0 Å². The first-order valence-electron chi connectivity index (χ1n) is 9.71. The van der Waals surface area contributed by atoms with Gasteiger partial charge >= 0.3 is 0 Å². The molecule has 146 valence electrons. The van der Waals surface area contributed by atoms with Crippen molar-refractivity contribution in [2.24, 2.45) is 10.9 Å². The second-order valence-electron chi connectivity index (χ2n) is 5.79. The third kappa shape index (κ3) is 4.98. The Morgan fingerprint density at radius 2 is 1.85 bits per heavy atom. The minimum atomic E-state index is -0.414. The second-order valence-corrected chi connectivity index (χ2v) is 5.79. The van der Waals surface area contributed by atoms with Crippen LogP contribution in [0, 0.1) is 5.92 Å². The molecular formula is C21H30N4O2. The van der Waals surface area contributed by atoms with Crippen molar-refractivity contribution in [1.82, 2.24) is 15.8 Å². The van der Waals surface area contributed by atoms with Crippen molar-refractivity contribution in [2.45, 2.75) is 46.8 Å². The van der Waals surface area contributed by atoms with Crippen LogP contribution >= 0.6 is 0 Å². The quantitative estimate of drug-likeness (QED) is 0.848. The van der Waals surface area contributed by atoms with Crippen molar-refractivity contribution in [3.8, 4) is 5.75 Å². The first-order chi connectivity index (χ1) is 13.2. The molecule has 1 fully saturated rings. The summed E-state index contributed by atoms with van der Waals surface area (Å²) < 4.78 is 5.20. The topological polar surface area (TPSA) is 66.0 Å². The van der Waals surface area contributed by atoms with Crippen molar-refractivity contribution in [3.05, 3.63) is 48.2 Å². The fraction of sp³-hybridized carbons (Fsp3) is 0.429. The third-order valence-corrected chi connectivity index (χ3v) is 4.11. The predicted octanol–water partition coefficient (Wildman–Crippen LogP) is 3.69. The summed E-state index contributed by atoms with van der Waals surface area (Å²) in [7, 11) is 1.65. The highest BCUT2D eigenvalue weighted by Crippen LogP contribution is 2.30. The van der Waals surface area contributed by atoms with Crippen LogP contribution < -0.4 is 15.5 Å². The van der Waals surface area contributed by atoms with Crippen LogP contribution in [0.2, 0.25) is 0 Å². The summed E-state index contributed by atoms with van der Waals surface area (Å²) >= 11 is 0. The molecule has 1 amide bonds. The molecule has 27 heavy (non-hydrogen) atoms. The van der Waals surface area contributed by atoms with Crippen molar-refractivity contribution in [3.63, 3.8) is 0 Å². The summed E-state index contributed by atoms with van der Waals surface area (Å²) in [6.45, 7) is 8.00. The van der Waals surface area contributed by atoms with E-state index in [0.29, 0.717) is 0 Å². The lowest BCUT2D eigenvalue weighted by atomic mass is 10.0. The molecule has 6 nitrogen and oxygen atoms in total. The van der Waals surface area contributed by atoms with Crippen LogP contribution in [0.1, 0.15) is 46.1 Å². The van der Waals surface area contributed by atoms with Crippen LogP contribution in [0.4, 0.5) is 0 Å². The van der Waals surface area contributed by atoms with Gasteiger partial charge in [0.1, 0.15) is 5.75 Å². The lowest BCUT2D eigenvalue weighted by Gasteiger charge is -2.21.